The van der Waals surface area contributed by atoms with Crippen molar-refractivity contribution in [3.63, 3.8) is 0 Å². The quantitative estimate of drug-likeness (QED) is 0.127. The monoisotopic (exact) mass is 1470 g/mol. The maximum atomic E-state index is 10.3. The maximum Gasteiger partial charge on any atom is 0.252 e. The molecule has 546 valence electrons. The fraction of sp³-hybridized carbons (Fsp3) is 0.111. The van der Waals surface area contributed by atoms with Crippen molar-refractivity contribution in [2.24, 2.45) is 0 Å². The van der Waals surface area contributed by atoms with Crippen molar-refractivity contribution in [1.29, 1.82) is 0 Å². The second kappa shape index (κ2) is 26.1. The zero-order valence-corrected chi connectivity index (χ0v) is 65.2. The van der Waals surface area contributed by atoms with E-state index in [0.29, 0.717) is 33.1 Å². The van der Waals surface area contributed by atoms with Crippen LogP contribution in [0.15, 0.2) is 358 Å². The first-order valence-electron chi connectivity index (χ1n) is 44.0. The first-order chi connectivity index (χ1) is 59.2. The van der Waals surface area contributed by atoms with Crippen molar-refractivity contribution in [2.75, 3.05) is 9.80 Å². The van der Waals surface area contributed by atoms with Crippen LogP contribution >= 0.6 is 0 Å². The molecule has 6 heteroatoms. The predicted molar refractivity (Wildman–Crippen MR) is 487 cm³/mol. The molecule has 0 saturated heterocycles. The number of para-hydroxylation sites is 3. The summed E-state index contributed by atoms with van der Waals surface area (Å²) in [4.78, 5) is 4.90. The second-order valence-corrected chi connectivity index (χ2v) is 33.9. The number of nitrogens with zero attached hydrogens (tertiary/aromatic N) is 5. The van der Waals surface area contributed by atoms with E-state index in [1.165, 1.54) is 11.1 Å². The Morgan fingerprint density at radius 2 is 0.667 bits per heavy atom. The first kappa shape index (κ1) is 59.4. The predicted octanol–water partition coefficient (Wildman–Crippen LogP) is 27.3. The van der Waals surface area contributed by atoms with E-state index in [9.17, 15) is 11.0 Å². The molecule has 0 bridgehead atoms. The lowest BCUT2D eigenvalue weighted by Crippen LogP contribution is -2.61. The Morgan fingerprint density at radius 3 is 1.22 bits per heavy atom. The van der Waals surface area contributed by atoms with Gasteiger partial charge in [0.05, 0.1) is 56.8 Å². The third-order valence-corrected chi connectivity index (χ3v) is 23.8. The van der Waals surface area contributed by atoms with E-state index < -0.39 is 24.8 Å². The first-order valence-corrected chi connectivity index (χ1v) is 39.5. The molecule has 21 rings (SSSR count). The van der Waals surface area contributed by atoms with E-state index in [2.05, 4.69) is 353 Å². The van der Waals surface area contributed by atoms with Crippen LogP contribution in [0.25, 0.3) is 138 Å². The van der Waals surface area contributed by atoms with Gasteiger partial charge in [0.25, 0.3) is 6.71 Å². The summed E-state index contributed by atoms with van der Waals surface area (Å²) in [6, 6.07) is 105. The molecule has 5 nitrogen and oxygen atoms in total. The number of anilines is 6. The molecule has 0 amide bonds. The minimum atomic E-state index is -0.615. The van der Waals surface area contributed by atoms with Crippen molar-refractivity contribution in [3.8, 4) is 72.7 Å². The Labute approximate surface area is 680 Å². The zero-order valence-electron chi connectivity index (χ0n) is 74.2. The van der Waals surface area contributed by atoms with Gasteiger partial charge in [0, 0.05) is 83.3 Å². The van der Waals surface area contributed by atoms with Gasteiger partial charge in [-0.3, -0.25) is 0 Å². The van der Waals surface area contributed by atoms with Crippen molar-refractivity contribution >= 4 is 123 Å². The Hall–Kier alpha value is -13.4. The number of fused-ring (bicyclic) bond motifs is 13. The number of hydrogen-bond acceptors (Lipinski definition) is 2. The van der Waals surface area contributed by atoms with Crippen LogP contribution in [-0.2, 0) is 16.2 Å². The molecule has 3 aromatic heterocycles. The van der Waals surface area contributed by atoms with E-state index in [-0.39, 0.29) is 58.1 Å². The SMILES string of the molecule is [2H]c1c([2H])c([2H])c(-c2ccc3c(c2)N(c2cc(-c4ccccc4)cc(-c4ccccc4)c2)c2cc(-n4c5ccc(C(C)(C)C)cc5c5cc(C(C)(C)C)ccc54)cc4c2B3c2ccc(-n3c5ccc(-n6c7ccccc7c7ccccc76)cc5c5c([2H])c([2H])c([2H])c([2H])c53)cc2N4c2c(-c3ccccc3)cc(C(C)(C)C)cc2-c2ccccc2)c([2H])c1[2H]. The summed E-state index contributed by atoms with van der Waals surface area (Å²) in [6.45, 7) is 19.8. The zero-order chi connectivity index (χ0) is 84.9. The van der Waals surface area contributed by atoms with Gasteiger partial charge in [-0.2, -0.15) is 0 Å². The summed E-state index contributed by atoms with van der Waals surface area (Å²) >= 11 is 0. The molecular weight excluding hydrogens is 1380 g/mol. The topological polar surface area (TPSA) is 21.3 Å². The third kappa shape index (κ3) is 11.1. The molecule has 0 fully saturated rings. The Bertz CT molecular complexity index is 7410. The Kier molecular flexibility index (Phi) is 13.6. The van der Waals surface area contributed by atoms with Crippen molar-refractivity contribution in [1.82, 2.24) is 13.7 Å². The number of hydrogen-bond donors (Lipinski definition) is 0. The highest BCUT2D eigenvalue weighted by Gasteiger charge is 2.46. The Morgan fingerprint density at radius 1 is 0.246 bits per heavy atom. The summed E-state index contributed by atoms with van der Waals surface area (Å²) in [7, 11) is 0. The van der Waals surface area contributed by atoms with Crippen molar-refractivity contribution in [2.45, 2.75) is 78.6 Å². The molecule has 0 unspecified atom stereocenters. The average molecular weight is 1470 g/mol. The fourth-order valence-corrected chi connectivity index (χ4v) is 18.2. The van der Waals surface area contributed by atoms with E-state index in [1.807, 2.05) is 36.4 Å². The fourth-order valence-electron chi connectivity index (χ4n) is 18.2. The van der Waals surface area contributed by atoms with Gasteiger partial charge < -0.3 is 23.5 Å². The van der Waals surface area contributed by atoms with Gasteiger partial charge in [0.15, 0.2) is 0 Å². The van der Waals surface area contributed by atoms with Gasteiger partial charge in [0.1, 0.15) is 0 Å². The second-order valence-electron chi connectivity index (χ2n) is 33.9. The lowest BCUT2D eigenvalue weighted by Gasteiger charge is -2.45. The third-order valence-electron chi connectivity index (χ3n) is 23.8. The van der Waals surface area contributed by atoms with Crippen LogP contribution in [0, 0.1) is 0 Å². The number of benzene rings is 16. The highest BCUT2D eigenvalue weighted by molar-refractivity contribution is 7.00. The molecule has 16 aromatic carbocycles. The van der Waals surface area contributed by atoms with Crippen LogP contribution in [-0.4, -0.2) is 20.4 Å². The molecule has 0 N–H and O–H groups in total. The summed E-state index contributed by atoms with van der Waals surface area (Å²) < 4.78 is 93.0. The summed E-state index contributed by atoms with van der Waals surface area (Å²) in [5.41, 5.74) is 26.2. The minimum Gasteiger partial charge on any atom is -0.311 e. The minimum absolute atomic E-state index is 0.0771. The van der Waals surface area contributed by atoms with Crippen molar-refractivity contribution < 1.29 is 12.3 Å². The molecule has 0 atom stereocenters. The molecule has 0 saturated carbocycles. The van der Waals surface area contributed by atoms with Gasteiger partial charge in [-0.25, -0.2) is 0 Å². The molecule has 19 aromatic rings. The molecule has 0 radical (unpaired) electrons. The maximum absolute atomic E-state index is 10.3. The van der Waals surface area contributed by atoms with Gasteiger partial charge >= 0.3 is 0 Å². The molecule has 2 aliphatic heterocycles. The normalized spacial score (nSPS) is 14.0. The van der Waals surface area contributed by atoms with Gasteiger partial charge in [-0.1, -0.05) is 299 Å². The summed E-state index contributed by atoms with van der Waals surface area (Å²) in [6.07, 6.45) is 0. The highest BCUT2D eigenvalue weighted by Crippen LogP contribution is 2.54. The Balaban J connectivity index is 0.956. The number of rotatable bonds is 10. The van der Waals surface area contributed by atoms with Crippen LogP contribution < -0.4 is 26.2 Å². The van der Waals surface area contributed by atoms with E-state index in [4.69, 9.17) is 1.37 Å². The van der Waals surface area contributed by atoms with E-state index in [1.54, 1.807) is 0 Å². The van der Waals surface area contributed by atoms with Gasteiger partial charge in [-0.15, -0.1) is 0 Å². The van der Waals surface area contributed by atoms with Crippen LogP contribution in [0.5, 0.6) is 0 Å². The average Bonchev–Trinajstić information content (AvgIpc) is 1.61. The lowest BCUT2D eigenvalue weighted by molar-refractivity contribution is 0.590. The van der Waals surface area contributed by atoms with E-state index in [0.717, 1.165) is 156 Å². The molecule has 0 spiro atoms. The van der Waals surface area contributed by atoms with Gasteiger partial charge in [-0.05, 0) is 215 Å². The van der Waals surface area contributed by atoms with E-state index >= 15 is 0 Å². The smallest absolute Gasteiger partial charge is 0.252 e. The number of aromatic nitrogens is 3. The lowest BCUT2D eigenvalue weighted by atomic mass is 9.33. The molecule has 2 aliphatic rings. The molecule has 0 aliphatic carbocycles. The molecule has 114 heavy (non-hydrogen) atoms. The van der Waals surface area contributed by atoms with Crippen LogP contribution in [0.3, 0.4) is 0 Å². The largest absolute Gasteiger partial charge is 0.311 e. The van der Waals surface area contributed by atoms with Crippen molar-refractivity contribution in [3.05, 3.63) is 374 Å². The van der Waals surface area contributed by atoms with Crippen LogP contribution in [0.1, 0.15) is 91.3 Å². The molecular formula is C108H86BN5. The van der Waals surface area contributed by atoms with Crippen LogP contribution in [0.4, 0.5) is 34.1 Å². The standard InChI is InChI=1S/C108H86BN5/c1-106(2,3)77-48-54-97-89(61-77)90-62-78(107(4,5)6)49-55-98(90)112(97)83-67-102-104-103(68-83)114(105-87(72-37-21-13-22-38-72)63-79(108(7,8)9)64-88(105)73-39-23-14-24-40-73)101-66-81(111-96-46-30-27-43-86(96)91-65-80(51-56-99(91)111)110-94-44-28-25-41-84(94)85-42-26-29-45-95(85)110)50-53-93(101)109(104)92-52-47-74(69-31-15-10-16-32-69)60-100(92)113(102)82-58-75(70-33-17-11-18-34-70)57-76(59-82)71-35-19-12-20-36-71/h10-68H,1-9H3/i10D,15D,16D,27D,30D,31D,32D,43D,46D. The molecule has 5 heterocycles. The van der Waals surface area contributed by atoms with Crippen LogP contribution in [0.2, 0.25) is 0 Å². The summed E-state index contributed by atoms with van der Waals surface area (Å²) in [5, 5.41) is 5.44. The summed E-state index contributed by atoms with van der Waals surface area (Å²) in [5.74, 6) is 0. The van der Waals surface area contributed by atoms with Gasteiger partial charge in [0.2, 0.25) is 0 Å². The highest BCUT2D eigenvalue weighted by atomic mass is 15.2.